The molecule has 0 unspecified atom stereocenters. The lowest BCUT2D eigenvalue weighted by molar-refractivity contribution is 0.449. The van der Waals surface area contributed by atoms with Gasteiger partial charge < -0.3 is 5.32 Å². The summed E-state index contributed by atoms with van der Waals surface area (Å²) < 4.78 is 39.4. The third kappa shape index (κ3) is 2.63. The first-order chi connectivity index (χ1) is 8.90. The van der Waals surface area contributed by atoms with Gasteiger partial charge in [-0.05, 0) is 26.0 Å². The van der Waals surface area contributed by atoms with E-state index in [2.05, 4.69) is 15.3 Å². The predicted octanol–water partition coefficient (Wildman–Crippen LogP) is 3.91. The third-order valence-corrected chi connectivity index (χ3v) is 2.82. The maximum absolute atomic E-state index is 13.5. The second-order valence-corrected chi connectivity index (χ2v) is 4.24. The molecule has 1 N–H and O–H groups in total. The smallest absolute Gasteiger partial charge is 0.196 e. The molecule has 0 saturated carbocycles. The van der Waals surface area contributed by atoms with Crippen molar-refractivity contribution in [2.75, 3.05) is 5.32 Å². The highest BCUT2D eigenvalue weighted by Crippen LogP contribution is 2.26. The number of aromatic nitrogens is 2. The van der Waals surface area contributed by atoms with Gasteiger partial charge in [-0.1, -0.05) is 11.6 Å². The topological polar surface area (TPSA) is 37.8 Å². The molecule has 1 heterocycles. The van der Waals surface area contributed by atoms with E-state index in [1.807, 2.05) is 0 Å². The van der Waals surface area contributed by atoms with Crippen molar-refractivity contribution < 1.29 is 13.2 Å². The van der Waals surface area contributed by atoms with E-state index < -0.39 is 17.5 Å². The quantitative estimate of drug-likeness (QED) is 0.851. The van der Waals surface area contributed by atoms with Crippen LogP contribution in [0.25, 0.3) is 0 Å². The zero-order valence-electron chi connectivity index (χ0n) is 10.1. The van der Waals surface area contributed by atoms with Crippen LogP contribution in [0.4, 0.5) is 24.7 Å². The van der Waals surface area contributed by atoms with E-state index >= 15 is 0 Å². The molecular weight excluding hydrogens is 279 g/mol. The Morgan fingerprint density at radius 2 is 1.63 bits per heavy atom. The fraction of sp³-hybridized carbons (Fsp3) is 0.167. The van der Waals surface area contributed by atoms with E-state index in [-0.39, 0.29) is 16.7 Å². The monoisotopic (exact) mass is 287 g/mol. The number of rotatable bonds is 2. The molecule has 1 aromatic heterocycles. The summed E-state index contributed by atoms with van der Waals surface area (Å²) in [5.74, 6) is -4.08. The first-order valence-corrected chi connectivity index (χ1v) is 5.69. The lowest BCUT2D eigenvalue weighted by Crippen LogP contribution is -2.03. The van der Waals surface area contributed by atoms with Gasteiger partial charge in [0, 0.05) is 0 Å². The molecule has 0 bridgehead atoms. The number of hydrogen-bond acceptors (Lipinski definition) is 3. The fourth-order valence-corrected chi connectivity index (χ4v) is 1.62. The third-order valence-electron chi connectivity index (χ3n) is 2.55. The van der Waals surface area contributed by atoms with Crippen LogP contribution in [0.3, 0.4) is 0 Å². The van der Waals surface area contributed by atoms with Gasteiger partial charge >= 0.3 is 0 Å². The summed E-state index contributed by atoms with van der Waals surface area (Å²) in [6, 6.07) is 1.87. The zero-order valence-corrected chi connectivity index (χ0v) is 10.8. The van der Waals surface area contributed by atoms with Gasteiger partial charge in [0.1, 0.15) is 0 Å². The van der Waals surface area contributed by atoms with Crippen molar-refractivity contribution in [3.63, 3.8) is 0 Å². The largest absolute Gasteiger partial charge is 0.335 e. The van der Waals surface area contributed by atoms with Crippen molar-refractivity contribution in [3.05, 3.63) is 46.1 Å². The van der Waals surface area contributed by atoms with E-state index in [1.54, 1.807) is 13.8 Å². The van der Waals surface area contributed by atoms with Crippen LogP contribution in [0.5, 0.6) is 0 Å². The molecule has 1 aromatic carbocycles. The molecule has 2 aromatic rings. The molecule has 0 saturated heterocycles. The Balaban J connectivity index is 2.42. The van der Waals surface area contributed by atoms with Gasteiger partial charge in [-0.2, -0.15) is 0 Å². The van der Waals surface area contributed by atoms with Crippen LogP contribution in [-0.4, -0.2) is 9.97 Å². The van der Waals surface area contributed by atoms with Crippen LogP contribution >= 0.6 is 11.6 Å². The van der Waals surface area contributed by atoms with Crippen LogP contribution in [0, 0.1) is 31.3 Å². The van der Waals surface area contributed by atoms with Crippen molar-refractivity contribution in [3.8, 4) is 0 Å². The van der Waals surface area contributed by atoms with Crippen molar-refractivity contribution >= 4 is 23.1 Å². The van der Waals surface area contributed by atoms with E-state index in [9.17, 15) is 13.2 Å². The van der Waals surface area contributed by atoms with Gasteiger partial charge in [0.05, 0.1) is 17.1 Å². The van der Waals surface area contributed by atoms with Crippen molar-refractivity contribution in [1.82, 2.24) is 9.97 Å². The van der Waals surface area contributed by atoms with E-state index in [0.717, 1.165) is 12.1 Å². The molecule has 0 fully saturated rings. The second-order valence-electron chi connectivity index (χ2n) is 3.88. The fourth-order valence-electron chi connectivity index (χ4n) is 1.41. The Labute approximate surface area is 112 Å². The van der Waals surface area contributed by atoms with Gasteiger partial charge in [-0.25, -0.2) is 23.1 Å². The molecular formula is C12H9ClF3N3. The Morgan fingerprint density at radius 1 is 1.00 bits per heavy atom. The average molecular weight is 288 g/mol. The standard InChI is InChI=1S/C12H9ClF3N3/c1-5-6(2)18-12(11(13)17-5)19-8-4-3-7(14)9(15)10(8)16/h3-4H,1-2H3,(H,18,19). The van der Waals surface area contributed by atoms with Gasteiger partial charge in [-0.3, -0.25) is 0 Å². The minimum atomic E-state index is -1.56. The second kappa shape index (κ2) is 5.05. The van der Waals surface area contributed by atoms with E-state index in [4.69, 9.17) is 11.6 Å². The summed E-state index contributed by atoms with van der Waals surface area (Å²) in [4.78, 5) is 8.06. The maximum Gasteiger partial charge on any atom is 0.196 e. The van der Waals surface area contributed by atoms with E-state index in [1.165, 1.54) is 0 Å². The number of anilines is 2. The van der Waals surface area contributed by atoms with Gasteiger partial charge in [-0.15, -0.1) is 0 Å². The number of nitrogens with one attached hydrogen (secondary N) is 1. The molecule has 0 spiro atoms. The lowest BCUT2D eigenvalue weighted by Gasteiger charge is -2.10. The number of hydrogen-bond donors (Lipinski definition) is 1. The summed E-state index contributed by atoms with van der Waals surface area (Å²) in [5.41, 5.74) is 0.953. The molecule has 0 radical (unpaired) electrons. The first kappa shape index (κ1) is 13.6. The molecule has 0 amide bonds. The Kier molecular flexibility index (Phi) is 3.61. The van der Waals surface area contributed by atoms with Crippen LogP contribution in [-0.2, 0) is 0 Å². The van der Waals surface area contributed by atoms with Gasteiger partial charge in [0.15, 0.2) is 28.4 Å². The van der Waals surface area contributed by atoms with E-state index in [0.29, 0.717) is 11.4 Å². The van der Waals surface area contributed by atoms with Crippen LogP contribution in [0.2, 0.25) is 5.15 Å². The van der Waals surface area contributed by atoms with Crippen molar-refractivity contribution in [2.24, 2.45) is 0 Å². The highest BCUT2D eigenvalue weighted by Gasteiger charge is 2.15. The normalized spacial score (nSPS) is 10.6. The molecule has 7 heteroatoms. The Bertz CT molecular complexity index is 647. The first-order valence-electron chi connectivity index (χ1n) is 5.31. The van der Waals surface area contributed by atoms with Crippen molar-refractivity contribution in [1.29, 1.82) is 0 Å². The summed E-state index contributed by atoms with van der Waals surface area (Å²) in [5, 5.41) is 2.51. The summed E-state index contributed by atoms with van der Waals surface area (Å²) in [6.07, 6.45) is 0. The number of halogens is 4. The minimum absolute atomic E-state index is 0.0206. The minimum Gasteiger partial charge on any atom is -0.335 e. The lowest BCUT2D eigenvalue weighted by atomic mass is 10.2. The molecule has 0 aliphatic carbocycles. The highest BCUT2D eigenvalue weighted by atomic mass is 35.5. The number of aryl methyl sites for hydroxylation is 2. The van der Waals surface area contributed by atoms with Gasteiger partial charge in [0.2, 0.25) is 0 Å². The zero-order chi connectivity index (χ0) is 14.2. The van der Waals surface area contributed by atoms with Crippen molar-refractivity contribution in [2.45, 2.75) is 13.8 Å². The molecule has 0 aliphatic heterocycles. The summed E-state index contributed by atoms with van der Waals surface area (Å²) >= 11 is 5.85. The number of benzene rings is 1. The van der Waals surface area contributed by atoms with Crippen LogP contribution < -0.4 is 5.32 Å². The Hall–Kier alpha value is -1.82. The van der Waals surface area contributed by atoms with Gasteiger partial charge in [0.25, 0.3) is 0 Å². The highest BCUT2D eigenvalue weighted by molar-refractivity contribution is 6.31. The maximum atomic E-state index is 13.5. The molecule has 2 rings (SSSR count). The summed E-state index contributed by atoms with van der Waals surface area (Å²) in [7, 11) is 0. The predicted molar refractivity (Wildman–Crippen MR) is 66.1 cm³/mol. The Morgan fingerprint density at radius 3 is 2.32 bits per heavy atom. The molecule has 19 heavy (non-hydrogen) atoms. The average Bonchev–Trinajstić information content (AvgIpc) is 2.36. The molecule has 0 atom stereocenters. The molecule has 100 valence electrons. The molecule has 0 aliphatic rings. The SMILES string of the molecule is Cc1nc(Cl)c(Nc2ccc(F)c(F)c2F)nc1C. The number of nitrogens with zero attached hydrogens (tertiary/aromatic N) is 2. The van der Waals surface area contributed by atoms with Crippen LogP contribution in [0.15, 0.2) is 12.1 Å². The van der Waals surface area contributed by atoms with Crippen LogP contribution in [0.1, 0.15) is 11.4 Å². The molecule has 3 nitrogen and oxygen atoms in total. The summed E-state index contributed by atoms with van der Waals surface area (Å²) in [6.45, 7) is 3.42.